The van der Waals surface area contributed by atoms with Crippen molar-refractivity contribution in [2.45, 2.75) is 13.8 Å². The molecule has 2 rings (SSSR count). The van der Waals surface area contributed by atoms with Gasteiger partial charge in [0, 0.05) is 17.0 Å². The highest BCUT2D eigenvalue weighted by atomic mass is 16.3. The minimum atomic E-state index is -0.0724. The Morgan fingerprint density at radius 3 is 2.71 bits per heavy atom. The first-order valence-electron chi connectivity index (χ1n) is 4.43. The fraction of sp³-hybridized carbons (Fsp3) is 0.182. The van der Waals surface area contributed by atoms with Crippen molar-refractivity contribution in [3.63, 3.8) is 0 Å². The third kappa shape index (κ3) is 1.37. The van der Waals surface area contributed by atoms with Crippen molar-refractivity contribution in [3.05, 3.63) is 47.2 Å². The van der Waals surface area contributed by atoms with Gasteiger partial charge in [0.15, 0.2) is 5.76 Å². The Morgan fingerprint density at radius 1 is 1.43 bits per heavy atom. The first kappa shape index (κ1) is 8.81. The van der Waals surface area contributed by atoms with Crippen LogP contribution < -0.4 is 0 Å². The maximum absolute atomic E-state index is 11.8. The zero-order chi connectivity index (χ0) is 10.1. The summed E-state index contributed by atoms with van der Waals surface area (Å²) in [5, 5.41) is 0. The molecule has 2 aromatic heterocycles. The molecule has 72 valence electrons. The van der Waals surface area contributed by atoms with Crippen molar-refractivity contribution in [3.8, 4) is 0 Å². The molecular weight excluding hydrogens is 178 g/mol. The van der Waals surface area contributed by atoms with Gasteiger partial charge in [0.2, 0.25) is 5.78 Å². The highest BCUT2D eigenvalue weighted by Gasteiger charge is 2.15. The zero-order valence-corrected chi connectivity index (χ0v) is 8.13. The highest BCUT2D eigenvalue weighted by Crippen LogP contribution is 2.15. The van der Waals surface area contributed by atoms with Crippen molar-refractivity contribution in [2.24, 2.45) is 0 Å². The number of aryl methyl sites for hydroxylation is 2. The zero-order valence-electron chi connectivity index (χ0n) is 8.13. The predicted molar refractivity (Wildman–Crippen MR) is 52.4 cm³/mol. The van der Waals surface area contributed by atoms with E-state index in [9.17, 15) is 4.79 Å². The number of ketones is 1. The lowest BCUT2D eigenvalue weighted by molar-refractivity contribution is 0.101. The average molecular weight is 189 g/mol. The molecule has 0 radical (unpaired) electrons. The summed E-state index contributed by atoms with van der Waals surface area (Å²) in [6, 6.07) is 5.21. The Labute approximate surface area is 81.7 Å². The van der Waals surface area contributed by atoms with Crippen LogP contribution in [0.2, 0.25) is 0 Å². The molecule has 0 aliphatic heterocycles. The normalized spacial score (nSPS) is 10.4. The molecule has 0 aliphatic rings. The summed E-state index contributed by atoms with van der Waals surface area (Å²) in [6.07, 6.45) is 1.50. The van der Waals surface area contributed by atoms with Crippen molar-refractivity contribution < 1.29 is 9.21 Å². The summed E-state index contributed by atoms with van der Waals surface area (Å²) in [5.41, 5.74) is 2.54. The molecule has 0 spiro atoms. The van der Waals surface area contributed by atoms with Crippen LogP contribution in [0.4, 0.5) is 0 Å². The van der Waals surface area contributed by atoms with E-state index >= 15 is 0 Å². The van der Waals surface area contributed by atoms with Crippen LogP contribution in [0.15, 0.2) is 28.9 Å². The summed E-state index contributed by atoms with van der Waals surface area (Å²) in [7, 11) is 0. The number of furan rings is 1. The van der Waals surface area contributed by atoms with Gasteiger partial charge in [-0.2, -0.15) is 0 Å². The van der Waals surface area contributed by atoms with Crippen LogP contribution >= 0.6 is 0 Å². The lowest BCUT2D eigenvalue weighted by atomic mass is 10.1. The molecule has 0 aliphatic carbocycles. The van der Waals surface area contributed by atoms with Gasteiger partial charge in [0.05, 0.1) is 6.26 Å². The van der Waals surface area contributed by atoms with Gasteiger partial charge in [-0.15, -0.1) is 0 Å². The molecule has 0 saturated heterocycles. The monoisotopic (exact) mass is 189 g/mol. The Bertz CT molecular complexity index is 452. The van der Waals surface area contributed by atoms with Crippen molar-refractivity contribution in [2.75, 3.05) is 0 Å². The fourth-order valence-electron chi connectivity index (χ4n) is 1.50. The van der Waals surface area contributed by atoms with Crippen LogP contribution in [0.1, 0.15) is 27.5 Å². The van der Waals surface area contributed by atoms with Gasteiger partial charge in [0.25, 0.3) is 0 Å². The van der Waals surface area contributed by atoms with Crippen LogP contribution in [-0.2, 0) is 0 Å². The smallest absolute Gasteiger partial charge is 0.229 e. The van der Waals surface area contributed by atoms with Crippen LogP contribution in [0.25, 0.3) is 0 Å². The highest BCUT2D eigenvalue weighted by molar-refractivity contribution is 6.08. The molecule has 0 fully saturated rings. The van der Waals surface area contributed by atoms with E-state index in [0.29, 0.717) is 11.3 Å². The molecule has 0 atom stereocenters. The molecule has 0 aromatic carbocycles. The van der Waals surface area contributed by atoms with Gasteiger partial charge in [-0.1, -0.05) is 0 Å². The van der Waals surface area contributed by atoms with Crippen molar-refractivity contribution >= 4 is 5.78 Å². The Balaban J connectivity index is 2.41. The Hall–Kier alpha value is -1.77. The number of hydrogen-bond acceptors (Lipinski definition) is 2. The van der Waals surface area contributed by atoms with Crippen LogP contribution in [0.3, 0.4) is 0 Å². The van der Waals surface area contributed by atoms with Gasteiger partial charge in [-0.05, 0) is 32.0 Å². The maximum atomic E-state index is 11.8. The molecule has 0 bridgehead atoms. The van der Waals surface area contributed by atoms with Gasteiger partial charge in [0.1, 0.15) is 0 Å². The number of aromatic amines is 1. The molecule has 1 N–H and O–H groups in total. The van der Waals surface area contributed by atoms with Crippen LogP contribution in [-0.4, -0.2) is 10.8 Å². The third-order valence-corrected chi connectivity index (χ3v) is 2.14. The van der Waals surface area contributed by atoms with E-state index in [1.54, 1.807) is 12.1 Å². The van der Waals surface area contributed by atoms with Crippen LogP contribution in [0.5, 0.6) is 0 Å². The number of carbonyl (C=O) groups excluding carboxylic acids is 1. The first-order valence-corrected chi connectivity index (χ1v) is 4.43. The molecular formula is C11H11NO2. The molecule has 2 aromatic rings. The van der Waals surface area contributed by atoms with Gasteiger partial charge in [-0.3, -0.25) is 4.79 Å². The largest absolute Gasteiger partial charge is 0.461 e. The number of aromatic nitrogens is 1. The molecule has 0 saturated carbocycles. The second-order valence-corrected chi connectivity index (χ2v) is 3.30. The van der Waals surface area contributed by atoms with E-state index in [4.69, 9.17) is 4.42 Å². The minimum absolute atomic E-state index is 0.0724. The second kappa shape index (κ2) is 3.18. The second-order valence-electron chi connectivity index (χ2n) is 3.30. The SMILES string of the molecule is Cc1cc(C(=O)c2ccco2)c(C)[nH]1. The molecule has 3 nitrogen and oxygen atoms in total. The number of nitrogens with one attached hydrogen (secondary N) is 1. The standard InChI is InChI=1S/C11H11NO2/c1-7-6-9(8(2)12-7)11(13)10-4-3-5-14-10/h3-6,12H,1-2H3. The fourth-order valence-corrected chi connectivity index (χ4v) is 1.50. The predicted octanol–water partition coefficient (Wildman–Crippen LogP) is 2.46. The van der Waals surface area contributed by atoms with E-state index in [1.807, 2.05) is 19.9 Å². The van der Waals surface area contributed by atoms with Gasteiger partial charge in [-0.25, -0.2) is 0 Å². The number of rotatable bonds is 2. The van der Waals surface area contributed by atoms with E-state index in [1.165, 1.54) is 6.26 Å². The molecule has 2 heterocycles. The minimum Gasteiger partial charge on any atom is -0.461 e. The lowest BCUT2D eigenvalue weighted by Crippen LogP contribution is -1.99. The molecule has 0 amide bonds. The number of carbonyl (C=O) groups is 1. The summed E-state index contributed by atoms with van der Waals surface area (Å²) in [5.74, 6) is 0.309. The van der Waals surface area contributed by atoms with Crippen molar-refractivity contribution in [1.82, 2.24) is 4.98 Å². The third-order valence-electron chi connectivity index (χ3n) is 2.14. The quantitative estimate of drug-likeness (QED) is 0.737. The molecule has 0 unspecified atom stereocenters. The molecule has 3 heteroatoms. The Kier molecular flexibility index (Phi) is 2.00. The number of hydrogen-bond donors (Lipinski definition) is 1. The van der Waals surface area contributed by atoms with E-state index in [-0.39, 0.29) is 5.78 Å². The average Bonchev–Trinajstić information content (AvgIpc) is 2.73. The summed E-state index contributed by atoms with van der Waals surface area (Å²) in [4.78, 5) is 14.9. The van der Waals surface area contributed by atoms with Gasteiger partial charge < -0.3 is 9.40 Å². The first-order chi connectivity index (χ1) is 6.68. The van der Waals surface area contributed by atoms with Gasteiger partial charge >= 0.3 is 0 Å². The topological polar surface area (TPSA) is 46.0 Å². The lowest BCUT2D eigenvalue weighted by Gasteiger charge is -1.94. The summed E-state index contributed by atoms with van der Waals surface area (Å²) < 4.78 is 5.05. The summed E-state index contributed by atoms with van der Waals surface area (Å²) >= 11 is 0. The maximum Gasteiger partial charge on any atom is 0.229 e. The van der Waals surface area contributed by atoms with E-state index in [0.717, 1.165) is 11.4 Å². The van der Waals surface area contributed by atoms with E-state index < -0.39 is 0 Å². The van der Waals surface area contributed by atoms with Crippen molar-refractivity contribution in [1.29, 1.82) is 0 Å². The molecule has 14 heavy (non-hydrogen) atoms. The number of H-pyrrole nitrogens is 1. The van der Waals surface area contributed by atoms with E-state index in [2.05, 4.69) is 4.98 Å². The Morgan fingerprint density at radius 2 is 2.21 bits per heavy atom. The van der Waals surface area contributed by atoms with Crippen LogP contribution in [0, 0.1) is 13.8 Å². The summed E-state index contributed by atoms with van der Waals surface area (Å²) in [6.45, 7) is 3.80.